The van der Waals surface area contributed by atoms with Crippen LogP contribution in [0, 0.1) is 6.92 Å². The molecule has 0 aliphatic carbocycles. The van der Waals surface area contributed by atoms with Crippen molar-refractivity contribution in [3.63, 3.8) is 0 Å². The Labute approximate surface area is 139 Å². The lowest BCUT2D eigenvalue weighted by Gasteiger charge is -2.31. The molecule has 1 aliphatic heterocycles. The van der Waals surface area contributed by atoms with Gasteiger partial charge in [0, 0.05) is 25.4 Å². The predicted octanol–water partition coefficient (Wildman–Crippen LogP) is 2.40. The van der Waals surface area contributed by atoms with E-state index in [-0.39, 0.29) is 22.5 Å². The Hall–Kier alpha value is -2.02. The highest BCUT2D eigenvalue weighted by Gasteiger charge is 2.30. The van der Waals surface area contributed by atoms with Crippen LogP contribution in [0.2, 0.25) is 5.02 Å². The summed E-state index contributed by atoms with van der Waals surface area (Å²) in [6.45, 7) is 4.92. The molecule has 0 aromatic carbocycles. The van der Waals surface area contributed by atoms with E-state index in [9.17, 15) is 4.79 Å². The quantitative estimate of drug-likeness (QED) is 0.856. The van der Waals surface area contributed by atoms with Gasteiger partial charge in [0.15, 0.2) is 11.5 Å². The van der Waals surface area contributed by atoms with Gasteiger partial charge in [-0.3, -0.25) is 4.79 Å². The molecule has 1 atom stereocenters. The standard InChI is InChI=1S/C15H18ClN5O2/c1-3-12-19-14(20-23-12)10-5-4-6-21(8-10)15(22)13-11(16)7-17-9(2)18-13/h7,10H,3-6,8H2,1-2H3/t10-/m1/s1. The third-order valence-corrected chi connectivity index (χ3v) is 4.20. The molecule has 0 bridgehead atoms. The number of hydrogen-bond acceptors (Lipinski definition) is 6. The van der Waals surface area contributed by atoms with Gasteiger partial charge >= 0.3 is 0 Å². The van der Waals surface area contributed by atoms with E-state index in [1.807, 2.05) is 6.92 Å². The Morgan fingerprint density at radius 1 is 1.48 bits per heavy atom. The molecule has 1 saturated heterocycles. The lowest BCUT2D eigenvalue weighted by molar-refractivity contribution is 0.0697. The molecule has 0 N–H and O–H groups in total. The maximum Gasteiger partial charge on any atom is 0.274 e. The molecule has 0 unspecified atom stereocenters. The number of aryl methyl sites for hydroxylation is 2. The van der Waals surface area contributed by atoms with E-state index in [1.54, 1.807) is 11.8 Å². The van der Waals surface area contributed by atoms with Gasteiger partial charge < -0.3 is 9.42 Å². The Balaban J connectivity index is 1.77. The summed E-state index contributed by atoms with van der Waals surface area (Å²) in [7, 11) is 0. The van der Waals surface area contributed by atoms with E-state index in [1.165, 1.54) is 6.20 Å². The van der Waals surface area contributed by atoms with Crippen LogP contribution in [-0.2, 0) is 6.42 Å². The van der Waals surface area contributed by atoms with Crippen LogP contribution < -0.4 is 0 Å². The predicted molar refractivity (Wildman–Crippen MR) is 83.3 cm³/mol. The number of carbonyl (C=O) groups is 1. The third-order valence-electron chi connectivity index (χ3n) is 3.93. The molecular formula is C15H18ClN5O2. The Bertz CT molecular complexity index is 718. The van der Waals surface area contributed by atoms with E-state index >= 15 is 0 Å². The molecule has 1 fully saturated rings. The summed E-state index contributed by atoms with van der Waals surface area (Å²) < 4.78 is 5.18. The van der Waals surface area contributed by atoms with Crippen molar-refractivity contribution in [1.29, 1.82) is 0 Å². The molecular weight excluding hydrogens is 318 g/mol. The third kappa shape index (κ3) is 3.34. The number of aromatic nitrogens is 4. The first kappa shape index (κ1) is 15.9. The van der Waals surface area contributed by atoms with Crippen LogP contribution in [0.4, 0.5) is 0 Å². The molecule has 1 amide bonds. The number of piperidine rings is 1. The lowest BCUT2D eigenvalue weighted by atomic mass is 9.97. The Morgan fingerprint density at radius 3 is 3.04 bits per heavy atom. The smallest absolute Gasteiger partial charge is 0.274 e. The zero-order valence-corrected chi connectivity index (χ0v) is 13.9. The molecule has 1 aliphatic rings. The van der Waals surface area contributed by atoms with Crippen LogP contribution in [-0.4, -0.2) is 44.0 Å². The minimum Gasteiger partial charge on any atom is -0.339 e. The monoisotopic (exact) mass is 335 g/mol. The molecule has 2 aromatic heterocycles. The van der Waals surface area contributed by atoms with Gasteiger partial charge in [0.05, 0.1) is 11.2 Å². The summed E-state index contributed by atoms with van der Waals surface area (Å²) >= 11 is 6.07. The van der Waals surface area contributed by atoms with Crippen molar-refractivity contribution in [2.75, 3.05) is 13.1 Å². The molecule has 0 radical (unpaired) electrons. The highest BCUT2D eigenvalue weighted by molar-refractivity contribution is 6.33. The fourth-order valence-corrected chi connectivity index (χ4v) is 2.88. The van der Waals surface area contributed by atoms with Crippen LogP contribution in [0.5, 0.6) is 0 Å². The fourth-order valence-electron chi connectivity index (χ4n) is 2.70. The molecule has 3 heterocycles. The summed E-state index contributed by atoms with van der Waals surface area (Å²) in [5, 5.41) is 4.31. The van der Waals surface area contributed by atoms with E-state index < -0.39 is 0 Å². The van der Waals surface area contributed by atoms with Gasteiger partial charge in [-0.15, -0.1) is 0 Å². The van der Waals surface area contributed by atoms with Crippen molar-refractivity contribution in [3.05, 3.63) is 34.5 Å². The van der Waals surface area contributed by atoms with Crippen molar-refractivity contribution in [3.8, 4) is 0 Å². The van der Waals surface area contributed by atoms with Gasteiger partial charge in [0.2, 0.25) is 5.89 Å². The number of hydrogen-bond donors (Lipinski definition) is 0. The van der Waals surface area contributed by atoms with Crippen LogP contribution in [0.15, 0.2) is 10.7 Å². The van der Waals surface area contributed by atoms with Crippen molar-refractivity contribution >= 4 is 17.5 Å². The Morgan fingerprint density at radius 2 is 2.30 bits per heavy atom. The minimum absolute atomic E-state index is 0.0819. The molecule has 122 valence electrons. The average molecular weight is 336 g/mol. The first-order chi connectivity index (χ1) is 11.1. The SMILES string of the molecule is CCc1nc([C@@H]2CCCN(C(=O)c3nc(C)ncc3Cl)C2)no1. The summed E-state index contributed by atoms with van der Waals surface area (Å²) in [5.74, 6) is 1.72. The average Bonchev–Trinajstić information content (AvgIpc) is 3.06. The van der Waals surface area contributed by atoms with Crippen LogP contribution in [0.1, 0.15) is 53.7 Å². The van der Waals surface area contributed by atoms with E-state index in [2.05, 4.69) is 20.1 Å². The number of likely N-dealkylation sites (tertiary alicyclic amines) is 1. The summed E-state index contributed by atoms with van der Waals surface area (Å²) in [6.07, 6.45) is 3.99. The van der Waals surface area contributed by atoms with Gasteiger partial charge in [-0.1, -0.05) is 23.7 Å². The number of halogens is 1. The fraction of sp³-hybridized carbons (Fsp3) is 0.533. The summed E-state index contributed by atoms with van der Waals surface area (Å²) in [4.78, 5) is 27.0. The van der Waals surface area contributed by atoms with Gasteiger partial charge in [0.25, 0.3) is 5.91 Å². The first-order valence-electron chi connectivity index (χ1n) is 7.69. The van der Waals surface area contributed by atoms with Crippen LogP contribution in [0.25, 0.3) is 0 Å². The zero-order chi connectivity index (χ0) is 16.4. The van der Waals surface area contributed by atoms with E-state index in [0.717, 1.165) is 12.8 Å². The van der Waals surface area contributed by atoms with Crippen molar-refractivity contribution in [2.45, 2.75) is 39.0 Å². The molecule has 7 nitrogen and oxygen atoms in total. The minimum atomic E-state index is -0.176. The van der Waals surface area contributed by atoms with Crippen LogP contribution >= 0.6 is 11.6 Å². The number of nitrogens with zero attached hydrogens (tertiary/aromatic N) is 5. The molecule has 0 saturated carbocycles. The highest BCUT2D eigenvalue weighted by atomic mass is 35.5. The number of carbonyl (C=O) groups excluding carboxylic acids is 1. The van der Waals surface area contributed by atoms with Gasteiger partial charge in [0.1, 0.15) is 5.82 Å². The molecule has 23 heavy (non-hydrogen) atoms. The van der Waals surface area contributed by atoms with Gasteiger partial charge in [-0.25, -0.2) is 9.97 Å². The molecule has 0 spiro atoms. The maximum absolute atomic E-state index is 12.7. The van der Waals surface area contributed by atoms with Crippen molar-refractivity contribution in [1.82, 2.24) is 25.0 Å². The molecule has 3 rings (SSSR count). The van der Waals surface area contributed by atoms with E-state index in [0.29, 0.717) is 37.0 Å². The number of amides is 1. The topological polar surface area (TPSA) is 85.0 Å². The summed E-state index contributed by atoms with van der Waals surface area (Å²) in [6, 6.07) is 0. The molecule has 8 heteroatoms. The normalized spacial score (nSPS) is 18.2. The number of rotatable bonds is 3. The zero-order valence-electron chi connectivity index (χ0n) is 13.1. The summed E-state index contributed by atoms with van der Waals surface area (Å²) in [5.41, 5.74) is 0.252. The van der Waals surface area contributed by atoms with Crippen molar-refractivity contribution in [2.24, 2.45) is 0 Å². The maximum atomic E-state index is 12.7. The second kappa shape index (κ2) is 6.62. The van der Waals surface area contributed by atoms with Crippen LogP contribution in [0.3, 0.4) is 0 Å². The van der Waals surface area contributed by atoms with Gasteiger partial charge in [-0.2, -0.15) is 4.98 Å². The second-order valence-electron chi connectivity index (χ2n) is 5.60. The molecule has 2 aromatic rings. The lowest BCUT2D eigenvalue weighted by Crippen LogP contribution is -2.40. The van der Waals surface area contributed by atoms with Crippen molar-refractivity contribution < 1.29 is 9.32 Å². The second-order valence-corrected chi connectivity index (χ2v) is 6.01. The largest absolute Gasteiger partial charge is 0.339 e. The van der Waals surface area contributed by atoms with Gasteiger partial charge in [-0.05, 0) is 19.8 Å². The van der Waals surface area contributed by atoms with E-state index in [4.69, 9.17) is 16.1 Å². The first-order valence-corrected chi connectivity index (χ1v) is 8.07. The Kier molecular flexibility index (Phi) is 4.56. The highest BCUT2D eigenvalue weighted by Crippen LogP contribution is 2.26.